The minimum Gasteiger partial charge on any atom is -0.396 e. The van der Waals surface area contributed by atoms with E-state index in [2.05, 4.69) is 10.1 Å². The monoisotopic (exact) mass is 457 g/mol. The summed E-state index contributed by atoms with van der Waals surface area (Å²) in [6.07, 6.45) is 0.869. The molecule has 0 radical (unpaired) electrons. The fourth-order valence-electron chi connectivity index (χ4n) is 3.72. The lowest BCUT2D eigenvalue weighted by molar-refractivity contribution is -0.143. The molecule has 4 rings (SSSR count). The maximum absolute atomic E-state index is 12.4. The van der Waals surface area contributed by atoms with Crippen LogP contribution in [0.15, 0.2) is 53.9 Å². The molecule has 1 aromatic carbocycles. The second-order valence-electron chi connectivity index (χ2n) is 8.40. The number of alkyl halides is 3. The number of aromatic nitrogens is 2. The van der Waals surface area contributed by atoms with Gasteiger partial charge in [-0.15, -0.1) is 0 Å². The standard InChI is InChI=1S/C25H26F3N3O2/c1-2-12-33-30-24(18-6-7-18)20-9-11-31-22(16-29-23(31)15-20)19-5-3-4-17(13-19)14-21(32)8-10-25(26,27)28/h3-5,9,11,13,15-16,18H,2,6-8,10,12,14H2,1H3/b30-24+. The molecular formula is C25H26F3N3O2. The minimum atomic E-state index is -4.32. The smallest absolute Gasteiger partial charge is 0.389 e. The molecule has 0 atom stereocenters. The molecule has 1 saturated carbocycles. The Hall–Kier alpha value is -3.16. The van der Waals surface area contributed by atoms with E-state index in [9.17, 15) is 18.0 Å². The number of fused-ring (bicyclic) bond motifs is 1. The van der Waals surface area contributed by atoms with E-state index in [-0.39, 0.29) is 6.42 Å². The van der Waals surface area contributed by atoms with Crippen molar-refractivity contribution in [2.45, 2.75) is 51.6 Å². The number of hydrogen-bond acceptors (Lipinski definition) is 4. The Bertz CT molecular complexity index is 1160. The van der Waals surface area contributed by atoms with Gasteiger partial charge in [0.15, 0.2) is 0 Å². The van der Waals surface area contributed by atoms with E-state index in [1.807, 2.05) is 41.8 Å². The van der Waals surface area contributed by atoms with E-state index < -0.39 is 24.8 Å². The number of imidazole rings is 1. The predicted octanol–water partition coefficient (Wildman–Crippen LogP) is 6.00. The lowest BCUT2D eigenvalue weighted by atomic mass is 10.0. The number of hydrogen-bond donors (Lipinski definition) is 0. The first-order valence-corrected chi connectivity index (χ1v) is 11.2. The van der Waals surface area contributed by atoms with Crippen molar-refractivity contribution in [2.24, 2.45) is 11.1 Å². The topological polar surface area (TPSA) is 56.0 Å². The number of nitrogens with zero attached hydrogens (tertiary/aromatic N) is 3. The molecule has 0 N–H and O–H groups in total. The molecule has 0 unspecified atom stereocenters. The average molecular weight is 457 g/mol. The van der Waals surface area contributed by atoms with Crippen molar-refractivity contribution in [3.8, 4) is 11.3 Å². The Morgan fingerprint density at radius 2 is 2.06 bits per heavy atom. The molecule has 5 nitrogen and oxygen atoms in total. The van der Waals surface area contributed by atoms with E-state index in [4.69, 9.17) is 4.84 Å². The fraction of sp³-hybridized carbons (Fsp3) is 0.400. The number of carbonyl (C=O) groups is 1. The summed E-state index contributed by atoms with van der Waals surface area (Å²) in [7, 11) is 0. The van der Waals surface area contributed by atoms with Crippen LogP contribution in [0.2, 0.25) is 0 Å². The molecule has 1 fully saturated rings. The SMILES string of the molecule is CCCO/N=C(/c1ccn2c(-c3cccc(CC(=O)CCC(F)(F)F)c3)cnc2c1)C1CC1. The third kappa shape index (κ3) is 6.00. The van der Waals surface area contributed by atoms with Crippen molar-refractivity contribution in [3.63, 3.8) is 0 Å². The van der Waals surface area contributed by atoms with Gasteiger partial charge in [-0.25, -0.2) is 4.98 Å². The van der Waals surface area contributed by atoms with Gasteiger partial charge in [-0.2, -0.15) is 13.2 Å². The molecule has 2 heterocycles. The highest BCUT2D eigenvalue weighted by atomic mass is 19.4. The molecule has 1 aliphatic rings. The number of ketones is 1. The fourth-order valence-corrected chi connectivity index (χ4v) is 3.72. The second-order valence-corrected chi connectivity index (χ2v) is 8.40. The van der Waals surface area contributed by atoms with Crippen LogP contribution in [-0.4, -0.2) is 33.7 Å². The van der Waals surface area contributed by atoms with Gasteiger partial charge < -0.3 is 4.84 Å². The zero-order valence-corrected chi connectivity index (χ0v) is 18.4. The molecule has 8 heteroatoms. The van der Waals surface area contributed by atoms with E-state index in [0.29, 0.717) is 18.1 Å². The molecule has 0 amide bonds. The molecule has 1 aliphatic carbocycles. The van der Waals surface area contributed by atoms with Crippen molar-refractivity contribution in [1.82, 2.24) is 9.38 Å². The molecule has 174 valence electrons. The summed E-state index contributed by atoms with van der Waals surface area (Å²) in [5.74, 6) is -0.00486. The van der Waals surface area contributed by atoms with Gasteiger partial charge in [0, 0.05) is 36.1 Å². The quantitative estimate of drug-likeness (QED) is 0.213. The third-order valence-corrected chi connectivity index (χ3v) is 5.54. The average Bonchev–Trinajstić information content (AvgIpc) is 3.53. The molecule has 3 aromatic rings. The van der Waals surface area contributed by atoms with Gasteiger partial charge in [-0.1, -0.05) is 30.3 Å². The van der Waals surface area contributed by atoms with Crippen molar-refractivity contribution < 1.29 is 22.8 Å². The van der Waals surface area contributed by atoms with Crippen LogP contribution in [0.5, 0.6) is 0 Å². The zero-order valence-electron chi connectivity index (χ0n) is 18.4. The van der Waals surface area contributed by atoms with Crippen LogP contribution in [0.25, 0.3) is 16.9 Å². The molecule has 0 spiro atoms. The number of halogens is 3. The highest BCUT2D eigenvalue weighted by Gasteiger charge is 2.30. The first-order valence-electron chi connectivity index (χ1n) is 11.2. The van der Waals surface area contributed by atoms with Crippen molar-refractivity contribution in [1.29, 1.82) is 0 Å². The highest BCUT2D eigenvalue weighted by molar-refractivity contribution is 6.04. The van der Waals surface area contributed by atoms with Crippen molar-refractivity contribution in [3.05, 3.63) is 59.9 Å². The lowest BCUT2D eigenvalue weighted by Crippen LogP contribution is -2.12. The number of carbonyl (C=O) groups excluding carboxylic acids is 1. The van der Waals surface area contributed by atoms with Crippen LogP contribution in [0.4, 0.5) is 13.2 Å². The summed E-state index contributed by atoms with van der Waals surface area (Å²) in [6, 6.07) is 11.3. The summed E-state index contributed by atoms with van der Waals surface area (Å²) >= 11 is 0. The van der Waals surface area contributed by atoms with Gasteiger partial charge >= 0.3 is 6.18 Å². The van der Waals surface area contributed by atoms with E-state index >= 15 is 0 Å². The Labute approximate surface area is 190 Å². The summed E-state index contributed by atoms with van der Waals surface area (Å²) in [5.41, 5.74) is 5.07. The van der Waals surface area contributed by atoms with Gasteiger partial charge in [0.05, 0.1) is 24.0 Å². The van der Waals surface area contributed by atoms with Crippen LogP contribution in [-0.2, 0) is 16.1 Å². The number of oxime groups is 1. The van der Waals surface area contributed by atoms with Crippen LogP contribution < -0.4 is 0 Å². The second kappa shape index (κ2) is 9.77. The molecular weight excluding hydrogens is 431 g/mol. The summed E-state index contributed by atoms with van der Waals surface area (Å²) in [5, 5.41) is 4.36. The van der Waals surface area contributed by atoms with Gasteiger partial charge in [-0.05, 0) is 43.0 Å². The maximum Gasteiger partial charge on any atom is 0.389 e. The molecule has 0 aliphatic heterocycles. The Kier molecular flexibility index (Phi) is 6.81. The molecule has 33 heavy (non-hydrogen) atoms. The molecule has 2 aromatic heterocycles. The van der Waals surface area contributed by atoms with Crippen LogP contribution in [0.3, 0.4) is 0 Å². The van der Waals surface area contributed by atoms with E-state index in [1.54, 1.807) is 18.3 Å². The Morgan fingerprint density at radius 3 is 2.79 bits per heavy atom. The van der Waals surface area contributed by atoms with Gasteiger partial charge in [0.25, 0.3) is 0 Å². The van der Waals surface area contributed by atoms with E-state index in [1.165, 1.54) is 0 Å². The molecule has 0 bridgehead atoms. The third-order valence-electron chi connectivity index (χ3n) is 5.54. The predicted molar refractivity (Wildman–Crippen MR) is 120 cm³/mol. The van der Waals surface area contributed by atoms with Crippen LogP contribution in [0, 0.1) is 5.92 Å². The lowest BCUT2D eigenvalue weighted by Gasteiger charge is -2.09. The summed E-state index contributed by atoms with van der Waals surface area (Å²) in [4.78, 5) is 22.0. The first kappa shape index (κ1) is 23.0. The van der Waals surface area contributed by atoms with Gasteiger partial charge in [0.2, 0.25) is 0 Å². The zero-order chi connectivity index (χ0) is 23.4. The number of pyridine rings is 1. The molecule has 0 saturated heterocycles. The number of benzene rings is 1. The minimum absolute atomic E-state index is 0.0240. The van der Waals surface area contributed by atoms with Crippen molar-refractivity contribution in [2.75, 3.05) is 6.61 Å². The van der Waals surface area contributed by atoms with Crippen molar-refractivity contribution >= 4 is 17.1 Å². The Morgan fingerprint density at radius 1 is 1.24 bits per heavy atom. The maximum atomic E-state index is 12.4. The first-order chi connectivity index (χ1) is 15.8. The highest BCUT2D eigenvalue weighted by Crippen LogP contribution is 2.34. The number of Topliss-reactive ketones (excluding diaryl/α,β-unsaturated/α-hetero) is 1. The van der Waals surface area contributed by atoms with E-state index in [0.717, 1.165) is 47.4 Å². The summed E-state index contributed by atoms with van der Waals surface area (Å²) in [6.45, 7) is 2.62. The summed E-state index contributed by atoms with van der Waals surface area (Å²) < 4.78 is 39.1. The Balaban J connectivity index is 1.54. The van der Waals surface area contributed by atoms with Crippen LogP contribution >= 0.6 is 0 Å². The van der Waals surface area contributed by atoms with Gasteiger partial charge in [-0.3, -0.25) is 9.20 Å². The number of rotatable bonds is 10. The van der Waals surface area contributed by atoms with Crippen LogP contribution in [0.1, 0.15) is 50.2 Å². The largest absolute Gasteiger partial charge is 0.396 e. The van der Waals surface area contributed by atoms with Gasteiger partial charge in [0.1, 0.15) is 18.0 Å². The normalized spacial score (nSPS) is 14.6.